The number of benzene rings is 2. The number of thioether (sulfide) groups is 1. The summed E-state index contributed by atoms with van der Waals surface area (Å²) in [4.78, 5) is 19.4. The zero-order chi connectivity index (χ0) is 16.7. The van der Waals surface area contributed by atoms with Crippen LogP contribution < -0.4 is 4.90 Å². The minimum atomic E-state index is 0.143. The van der Waals surface area contributed by atoms with E-state index in [4.69, 9.17) is 0 Å². The fourth-order valence-electron chi connectivity index (χ4n) is 3.39. The van der Waals surface area contributed by atoms with Crippen LogP contribution in [0.25, 0.3) is 11.0 Å². The van der Waals surface area contributed by atoms with Crippen molar-refractivity contribution in [3.8, 4) is 0 Å². The zero-order valence-electron chi connectivity index (χ0n) is 13.8. The molecule has 24 heavy (non-hydrogen) atoms. The maximum Gasteiger partial charge on any atom is 0.237 e. The predicted octanol–water partition coefficient (Wildman–Crippen LogP) is 3.64. The van der Waals surface area contributed by atoms with Crippen molar-refractivity contribution in [1.82, 2.24) is 9.55 Å². The van der Waals surface area contributed by atoms with Crippen LogP contribution in [0.2, 0.25) is 0 Å². The standard InChI is InChI=1S/C19H19N3OS/c1-13-11-14-7-3-5-9-16(14)22(13)18(23)12-24-19-20-15-8-4-6-10-17(15)21(19)2/h3-10,13H,11-12H2,1-2H3/t13-/m0/s1. The summed E-state index contributed by atoms with van der Waals surface area (Å²) in [6.07, 6.45) is 0.929. The third-order valence-electron chi connectivity index (χ3n) is 4.55. The molecule has 0 radical (unpaired) electrons. The van der Waals surface area contributed by atoms with E-state index in [1.165, 1.54) is 17.3 Å². The van der Waals surface area contributed by atoms with Crippen LogP contribution >= 0.6 is 11.8 Å². The van der Waals surface area contributed by atoms with E-state index in [1.54, 1.807) is 0 Å². The molecule has 0 saturated carbocycles. The molecule has 1 atom stereocenters. The van der Waals surface area contributed by atoms with Crippen molar-refractivity contribution in [1.29, 1.82) is 0 Å². The Balaban J connectivity index is 1.53. The molecule has 2 heterocycles. The third kappa shape index (κ3) is 2.49. The van der Waals surface area contributed by atoms with Crippen molar-refractivity contribution >= 4 is 34.4 Å². The predicted molar refractivity (Wildman–Crippen MR) is 98.5 cm³/mol. The molecule has 4 nitrogen and oxygen atoms in total. The van der Waals surface area contributed by atoms with Gasteiger partial charge in [-0.2, -0.15) is 0 Å². The molecule has 0 aliphatic carbocycles. The molecule has 0 bridgehead atoms. The minimum Gasteiger partial charge on any atom is -0.322 e. The molecule has 3 aromatic rings. The number of hydrogen-bond acceptors (Lipinski definition) is 3. The number of aromatic nitrogens is 2. The summed E-state index contributed by atoms with van der Waals surface area (Å²) in [5.41, 5.74) is 4.37. The zero-order valence-corrected chi connectivity index (χ0v) is 14.6. The molecule has 122 valence electrons. The molecule has 1 aliphatic rings. The molecule has 0 unspecified atom stereocenters. The summed E-state index contributed by atoms with van der Waals surface area (Å²) in [6.45, 7) is 2.11. The summed E-state index contributed by atoms with van der Waals surface area (Å²) < 4.78 is 2.05. The Morgan fingerprint density at radius 3 is 2.79 bits per heavy atom. The van der Waals surface area contributed by atoms with Crippen molar-refractivity contribution in [2.75, 3.05) is 10.7 Å². The Labute approximate surface area is 145 Å². The van der Waals surface area contributed by atoms with Gasteiger partial charge in [0.1, 0.15) is 0 Å². The van der Waals surface area contributed by atoms with Gasteiger partial charge in [-0.25, -0.2) is 4.98 Å². The molecule has 0 N–H and O–H groups in total. The lowest BCUT2D eigenvalue weighted by Gasteiger charge is -2.22. The highest BCUT2D eigenvalue weighted by atomic mass is 32.2. The first-order valence-electron chi connectivity index (χ1n) is 8.09. The number of para-hydroxylation sites is 3. The quantitative estimate of drug-likeness (QED) is 0.685. The van der Waals surface area contributed by atoms with Gasteiger partial charge in [-0.3, -0.25) is 4.79 Å². The van der Waals surface area contributed by atoms with Crippen LogP contribution in [0.4, 0.5) is 5.69 Å². The summed E-state index contributed by atoms with van der Waals surface area (Å²) in [7, 11) is 2.00. The second-order valence-corrected chi connectivity index (χ2v) is 7.12. The van der Waals surface area contributed by atoms with Crippen molar-refractivity contribution in [3.05, 3.63) is 54.1 Å². The van der Waals surface area contributed by atoms with Crippen molar-refractivity contribution < 1.29 is 4.79 Å². The summed E-state index contributed by atoms with van der Waals surface area (Å²) in [6, 6.07) is 16.4. The fourth-order valence-corrected chi connectivity index (χ4v) is 4.24. The Morgan fingerprint density at radius 2 is 1.96 bits per heavy atom. The lowest BCUT2D eigenvalue weighted by atomic mass is 10.1. The van der Waals surface area contributed by atoms with Gasteiger partial charge in [-0.05, 0) is 37.1 Å². The van der Waals surface area contributed by atoms with Crippen LogP contribution in [0, 0.1) is 0 Å². The van der Waals surface area contributed by atoms with E-state index < -0.39 is 0 Å². The Bertz CT molecular complexity index is 918. The average Bonchev–Trinajstić information content (AvgIpc) is 3.09. The van der Waals surface area contributed by atoms with E-state index in [0.29, 0.717) is 5.75 Å². The second-order valence-electron chi connectivity index (χ2n) is 6.18. The normalized spacial score (nSPS) is 16.6. The van der Waals surface area contributed by atoms with Gasteiger partial charge in [-0.1, -0.05) is 42.1 Å². The van der Waals surface area contributed by atoms with Gasteiger partial charge < -0.3 is 9.47 Å². The Morgan fingerprint density at radius 1 is 1.21 bits per heavy atom. The molecule has 1 aromatic heterocycles. The van der Waals surface area contributed by atoms with Crippen LogP contribution in [0.1, 0.15) is 12.5 Å². The highest BCUT2D eigenvalue weighted by Gasteiger charge is 2.30. The number of carbonyl (C=O) groups is 1. The molecule has 5 heteroatoms. The van der Waals surface area contributed by atoms with E-state index in [0.717, 1.165) is 28.3 Å². The monoisotopic (exact) mass is 337 g/mol. The van der Waals surface area contributed by atoms with Gasteiger partial charge >= 0.3 is 0 Å². The molecular formula is C19H19N3OS. The number of aryl methyl sites for hydroxylation is 1. The largest absolute Gasteiger partial charge is 0.322 e. The number of rotatable bonds is 3. The van der Waals surface area contributed by atoms with Crippen molar-refractivity contribution in [2.45, 2.75) is 24.5 Å². The van der Waals surface area contributed by atoms with Gasteiger partial charge in [0.15, 0.2) is 5.16 Å². The highest BCUT2D eigenvalue weighted by molar-refractivity contribution is 7.99. The first-order valence-corrected chi connectivity index (χ1v) is 9.08. The van der Waals surface area contributed by atoms with Gasteiger partial charge in [0, 0.05) is 18.8 Å². The lowest BCUT2D eigenvalue weighted by Crippen LogP contribution is -2.37. The number of anilines is 1. The fraction of sp³-hybridized carbons (Fsp3) is 0.263. The molecule has 1 amide bonds. The molecular weight excluding hydrogens is 318 g/mol. The number of nitrogens with zero attached hydrogens (tertiary/aromatic N) is 3. The van der Waals surface area contributed by atoms with Crippen LogP contribution in [0.5, 0.6) is 0 Å². The van der Waals surface area contributed by atoms with Gasteiger partial charge in [0.25, 0.3) is 0 Å². The number of carbonyl (C=O) groups excluding carboxylic acids is 1. The number of hydrogen-bond donors (Lipinski definition) is 0. The second kappa shape index (κ2) is 5.98. The molecule has 4 rings (SSSR count). The smallest absolute Gasteiger partial charge is 0.237 e. The number of fused-ring (bicyclic) bond motifs is 2. The highest BCUT2D eigenvalue weighted by Crippen LogP contribution is 2.33. The van der Waals surface area contributed by atoms with E-state index in [2.05, 4.69) is 22.5 Å². The molecule has 1 aliphatic heterocycles. The van der Waals surface area contributed by atoms with Crippen LogP contribution in [-0.2, 0) is 18.3 Å². The first-order chi connectivity index (χ1) is 11.6. The molecule has 0 spiro atoms. The van der Waals surface area contributed by atoms with E-state index in [9.17, 15) is 4.79 Å². The Hall–Kier alpha value is -2.27. The van der Waals surface area contributed by atoms with Gasteiger partial charge in [0.05, 0.1) is 16.8 Å². The van der Waals surface area contributed by atoms with Gasteiger partial charge in [0.2, 0.25) is 5.91 Å². The summed E-state index contributed by atoms with van der Waals surface area (Å²) >= 11 is 1.51. The molecule has 0 fully saturated rings. The van der Waals surface area contributed by atoms with E-state index in [-0.39, 0.29) is 11.9 Å². The van der Waals surface area contributed by atoms with Crippen molar-refractivity contribution in [2.24, 2.45) is 7.05 Å². The van der Waals surface area contributed by atoms with Crippen LogP contribution in [-0.4, -0.2) is 27.3 Å². The average molecular weight is 337 g/mol. The van der Waals surface area contributed by atoms with E-state index >= 15 is 0 Å². The van der Waals surface area contributed by atoms with Gasteiger partial charge in [-0.15, -0.1) is 0 Å². The van der Waals surface area contributed by atoms with E-state index in [1.807, 2.05) is 54.4 Å². The van der Waals surface area contributed by atoms with Crippen LogP contribution in [0.3, 0.4) is 0 Å². The molecule has 0 saturated heterocycles. The topological polar surface area (TPSA) is 38.1 Å². The maximum atomic E-state index is 12.8. The summed E-state index contributed by atoms with van der Waals surface area (Å²) in [5.74, 6) is 0.542. The Kier molecular flexibility index (Phi) is 3.81. The first kappa shape index (κ1) is 15.3. The minimum absolute atomic E-state index is 0.143. The lowest BCUT2D eigenvalue weighted by molar-refractivity contribution is -0.116. The number of imidazole rings is 1. The number of amides is 1. The maximum absolute atomic E-state index is 12.8. The summed E-state index contributed by atoms with van der Waals surface area (Å²) in [5, 5.41) is 0.879. The SMILES string of the molecule is C[C@H]1Cc2ccccc2N1C(=O)CSc1nc2ccccc2n1C. The van der Waals surface area contributed by atoms with Crippen molar-refractivity contribution in [3.63, 3.8) is 0 Å². The van der Waals surface area contributed by atoms with Crippen LogP contribution in [0.15, 0.2) is 53.7 Å². The molecule has 2 aromatic carbocycles. The third-order valence-corrected chi connectivity index (χ3v) is 5.56.